The van der Waals surface area contributed by atoms with Crippen LogP contribution in [0.15, 0.2) is 9.59 Å². The normalized spacial score (nSPS) is 9.75. The zero-order chi connectivity index (χ0) is 9.30. The Labute approximate surface area is 70.3 Å². The molecule has 0 bridgehead atoms. The highest BCUT2D eigenvalue weighted by Crippen LogP contribution is 2.14. The standard InChI is InChI=1S/C6H5NO4S/c1-2(8)3-4(9)7-6(11)12-5(3)10/h10H,1H3,(H,7,9,11). The maximum absolute atomic E-state index is 10.9. The Morgan fingerprint density at radius 2 is 2.08 bits per heavy atom. The van der Waals surface area contributed by atoms with Crippen LogP contribution in [-0.2, 0) is 0 Å². The molecule has 1 rings (SSSR count). The average Bonchev–Trinajstić information content (AvgIpc) is 1.82. The summed E-state index contributed by atoms with van der Waals surface area (Å²) in [6.07, 6.45) is 0. The predicted octanol–water partition coefficient (Wildman–Crippen LogP) is -0.295. The van der Waals surface area contributed by atoms with Gasteiger partial charge in [0.15, 0.2) is 10.8 Å². The molecule has 1 heterocycles. The molecule has 0 spiro atoms. The van der Waals surface area contributed by atoms with Gasteiger partial charge in [-0.1, -0.05) is 0 Å². The number of aromatic amines is 1. The molecule has 2 N–H and O–H groups in total. The molecule has 0 saturated carbocycles. The molecule has 6 heteroatoms. The summed E-state index contributed by atoms with van der Waals surface area (Å²) >= 11 is 0.425. The first kappa shape index (κ1) is 8.66. The van der Waals surface area contributed by atoms with Gasteiger partial charge in [-0.05, 0) is 18.3 Å². The number of carbonyl (C=O) groups is 1. The van der Waals surface area contributed by atoms with E-state index in [0.717, 1.165) is 6.92 Å². The fraction of sp³-hybridized carbons (Fsp3) is 0.167. The van der Waals surface area contributed by atoms with Gasteiger partial charge in [0, 0.05) is 0 Å². The first-order chi connectivity index (χ1) is 5.52. The van der Waals surface area contributed by atoms with Crippen molar-refractivity contribution in [2.45, 2.75) is 6.92 Å². The van der Waals surface area contributed by atoms with Crippen LogP contribution in [0, 0.1) is 0 Å². The SMILES string of the molecule is CC(=O)c1c(O)sc(=O)[nH]c1=O. The third-order valence-electron chi connectivity index (χ3n) is 1.20. The minimum atomic E-state index is -0.844. The third-order valence-corrected chi connectivity index (χ3v) is 1.88. The molecular weight excluding hydrogens is 182 g/mol. The van der Waals surface area contributed by atoms with Gasteiger partial charge in [0.1, 0.15) is 5.56 Å². The molecule has 0 aliphatic heterocycles. The maximum atomic E-state index is 10.9. The van der Waals surface area contributed by atoms with E-state index in [1.165, 1.54) is 0 Å². The molecule has 12 heavy (non-hydrogen) atoms. The van der Waals surface area contributed by atoms with Crippen molar-refractivity contribution in [1.29, 1.82) is 0 Å². The van der Waals surface area contributed by atoms with E-state index in [1.807, 2.05) is 4.98 Å². The van der Waals surface area contributed by atoms with Crippen LogP contribution in [0.4, 0.5) is 0 Å². The Hall–Kier alpha value is -1.43. The maximum Gasteiger partial charge on any atom is 0.310 e. The number of H-pyrrole nitrogens is 1. The highest BCUT2D eigenvalue weighted by Gasteiger charge is 2.12. The lowest BCUT2D eigenvalue weighted by Crippen LogP contribution is -2.21. The topological polar surface area (TPSA) is 87.2 Å². The zero-order valence-corrected chi connectivity index (χ0v) is 6.90. The number of hydrogen-bond donors (Lipinski definition) is 2. The summed E-state index contributed by atoms with van der Waals surface area (Å²) in [5.74, 6) is -0.565. The van der Waals surface area contributed by atoms with Crippen molar-refractivity contribution >= 4 is 17.1 Å². The minimum absolute atomic E-state index is 0.361. The highest BCUT2D eigenvalue weighted by atomic mass is 32.1. The number of ketones is 1. The lowest BCUT2D eigenvalue weighted by Gasteiger charge is -1.94. The first-order valence-corrected chi connectivity index (χ1v) is 3.81. The van der Waals surface area contributed by atoms with Crippen LogP contribution in [0.1, 0.15) is 17.3 Å². The summed E-state index contributed by atoms with van der Waals surface area (Å²) in [4.78, 5) is 33.4. The van der Waals surface area contributed by atoms with Crippen LogP contribution in [0.2, 0.25) is 0 Å². The van der Waals surface area contributed by atoms with E-state index in [0.29, 0.717) is 11.3 Å². The number of carbonyl (C=O) groups excluding carboxylic acids is 1. The predicted molar refractivity (Wildman–Crippen MR) is 42.9 cm³/mol. The Balaban J connectivity index is 3.60. The number of Topliss-reactive ketones (excluding diaryl/α,β-unsaturated/α-hetero) is 1. The van der Waals surface area contributed by atoms with Crippen molar-refractivity contribution in [3.05, 3.63) is 25.6 Å². The molecule has 0 aliphatic carbocycles. The summed E-state index contributed by atoms with van der Waals surface area (Å²) in [7, 11) is 0. The van der Waals surface area contributed by atoms with E-state index >= 15 is 0 Å². The largest absolute Gasteiger partial charge is 0.499 e. The van der Waals surface area contributed by atoms with Crippen LogP contribution in [0.5, 0.6) is 5.06 Å². The van der Waals surface area contributed by atoms with E-state index in [1.54, 1.807) is 0 Å². The van der Waals surface area contributed by atoms with Crippen molar-refractivity contribution in [3.8, 4) is 5.06 Å². The quantitative estimate of drug-likeness (QED) is 0.591. The number of aromatic nitrogens is 1. The van der Waals surface area contributed by atoms with E-state index < -0.39 is 21.3 Å². The monoisotopic (exact) mass is 187 g/mol. The van der Waals surface area contributed by atoms with Crippen molar-refractivity contribution in [3.63, 3.8) is 0 Å². The molecule has 0 fully saturated rings. The Morgan fingerprint density at radius 1 is 1.50 bits per heavy atom. The molecule has 5 nitrogen and oxygen atoms in total. The fourth-order valence-corrected chi connectivity index (χ4v) is 1.38. The third kappa shape index (κ3) is 1.42. The summed E-state index contributed by atoms with van der Waals surface area (Å²) in [6.45, 7) is 1.14. The molecule has 0 saturated heterocycles. The molecule has 0 aromatic carbocycles. The summed E-state index contributed by atoms with van der Waals surface area (Å²) < 4.78 is 0. The Bertz CT molecular complexity index is 430. The first-order valence-electron chi connectivity index (χ1n) is 2.99. The Morgan fingerprint density at radius 3 is 2.50 bits per heavy atom. The highest BCUT2D eigenvalue weighted by molar-refractivity contribution is 7.11. The van der Waals surface area contributed by atoms with E-state index in [2.05, 4.69) is 0 Å². The summed E-state index contributed by atoms with van der Waals surface area (Å²) in [5, 5.41) is 8.49. The van der Waals surface area contributed by atoms with E-state index in [-0.39, 0.29) is 5.56 Å². The molecule has 0 amide bonds. The molecular formula is C6H5NO4S. The summed E-state index contributed by atoms with van der Waals surface area (Å²) in [5.41, 5.74) is -1.21. The van der Waals surface area contributed by atoms with Crippen molar-refractivity contribution < 1.29 is 9.90 Å². The van der Waals surface area contributed by atoms with Gasteiger partial charge in [-0.15, -0.1) is 0 Å². The van der Waals surface area contributed by atoms with Crippen molar-refractivity contribution in [2.75, 3.05) is 0 Å². The number of aromatic hydroxyl groups is 1. The van der Waals surface area contributed by atoms with Gasteiger partial charge in [-0.3, -0.25) is 19.4 Å². The van der Waals surface area contributed by atoms with Crippen molar-refractivity contribution in [2.24, 2.45) is 0 Å². The molecule has 0 unspecified atom stereocenters. The smallest absolute Gasteiger partial charge is 0.310 e. The zero-order valence-electron chi connectivity index (χ0n) is 6.08. The summed E-state index contributed by atoms with van der Waals surface area (Å²) in [6, 6.07) is 0. The van der Waals surface area contributed by atoms with E-state index in [9.17, 15) is 14.4 Å². The van der Waals surface area contributed by atoms with E-state index in [4.69, 9.17) is 5.11 Å². The van der Waals surface area contributed by atoms with Crippen LogP contribution < -0.4 is 10.4 Å². The van der Waals surface area contributed by atoms with Gasteiger partial charge >= 0.3 is 4.87 Å². The molecule has 1 aromatic rings. The van der Waals surface area contributed by atoms with Gasteiger partial charge in [-0.25, -0.2) is 0 Å². The second-order valence-electron chi connectivity index (χ2n) is 2.08. The average molecular weight is 187 g/mol. The molecule has 0 atom stereocenters. The number of hydrogen-bond acceptors (Lipinski definition) is 5. The van der Waals surface area contributed by atoms with Gasteiger partial charge in [0.2, 0.25) is 0 Å². The molecule has 64 valence electrons. The van der Waals surface area contributed by atoms with Crippen molar-refractivity contribution in [1.82, 2.24) is 4.98 Å². The molecule has 1 aromatic heterocycles. The molecule has 0 radical (unpaired) electrons. The lowest BCUT2D eigenvalue weighted by molar-refractivity contribution is 0.101. The van der Waals surface area contributed by atoms with Gasteiger partial charge in [-0.2, -0.15) is 0 Å². The second-order valence-corrected chi connectivity index (χ2v) is 3.04. The Kier molecular flexibility index (Phi) is 2.09. The van der Waals surface area contributed by atoms with Gasteiger partial charge < -0.3 is 5.11 Å². The van der Waals surface area contributed by atoms with Crippen LogP contribution in [-0.4, -0.2) is 15.9 Å². The fourth-order valence-electron chi connectivity index (χ4n) is 0.727. The van der Waals surface area contributed by atoms with Crippen LogP contribution in [0.25, 0.3) is 0 Å². The molecule has 0 aliphatic rings. The van der Waals surface area contributed by atoms with Crippen LogP contribution >= 0.6 is 11.3 Å². The lowest BCUT2D eigenvalue weighted by atomic mass is 10.2. The number of rotatable bonds is 1. The van der Waals surface area contributed by atoms with Crippen LogP contribution in [0.3, 0.4) is 0 Å². The minimum Gasteiger partial charge on any atom is -0.499 e. The second kappa shape index (κ2) is 2.90. The number of nitrogens with one attached hydrogen (secondary N) is 1. The van der Waals surface area contributed by atoms with Gasteiger partial charge in [0.25, 0.3) is 5.56 Å². The van der Waals surface area contributed by atoms with Gasteiger partial charge in [0.05, 0.1) is 0 Å².